The molecule has 308 valence electrons. The number of para-hydroxylation sites is 2. The molecule has 0 aliphatic heterocycles. The smallest absolute Gasteiger partial charge is 0.145 e. The molecule has 0 fully saturated rings. The van der Waals surface area contributed by atoms with Crippen molar-refractivity contribution in [3.63, 3.8) is 0 Å². The summed E-state index contributed by atoms with van der Waals surface area (Å²) in [6.07, 6.45) is 0. The number of furan rings is 1. The summed E-state index contributed by atoms with van der Waals surface area (Å²) in [7, 11) is 0. The van der Waals surface area contributed by atoms with E-state index in [4.69, 9.17) is 4.42 Å². The molecule has 1 heterocycles. The van der Waals surface area contributed by atoms with Crippen LogP contribution in [0, 0.1) is 0 Å². The fourth-order valence-corrected chi connectivity index (χ4v) is 10.3. The first-order valence-electron chi connectivity index (χ1n) is 22.7. The predicted molar refractivity (Wildman–Crippen MR) is 280 cm³/mol. The van der Waals surface area contributed by atoms with E-state index in [9.17, 15) is 0 Å². The molecular formula is C64H41NO. The number of hydrogen-bond donors (Lipinski definition) is 0. The van der Waals surface area contributed by atoms with Crippen molar-refractivity contribution in [1.29, 1.82) is 0 Å². The van der Waals surface area contributed by atoms with E-state index < -0.39 is 0 Å². The first-order chi connectivity index (χ1) is 32.7. The standard InChI is InChI=1S/C64H41NO/c1-2-14-42(15-3-1)44-26-28-45(29-27-44)46-32-35-50(36-33-46)65(61-39-38-52(48-31-30-43-16-4-5-17-47(43)40-48)64-63(61)58-23-11-13-25-62(58)66-64)60-24-12-10-18-51(60)49-34-37-57-55-21-7-6-19-53(55)54-20-8-9-22-56(54)59(57)41-49/h1-41H. The van der Waals surface area contributed by atoms with Gasteiger partial charge in [0.2, 0.25) is 0 Å². The van der Waals surface area contributed by atoms with E-state index in [1.54, 1.807) is 0 Å². The molecule has 0 saturated heterocycles. The first-order valence-corrected chi connectivity index (χ1v) is 22.7. The van der Waals surface area contributed by atoms with Crippen molar-refractivity contribution in [2.75, 3.05) is 4.90 Å². The highest BCUT2D eigenvalue weighted by atomic mass is 16.3. The molecular weight excluding hydrogens is 799 g/mol. The molecule has 66 heavy (non-hydrogen) atoms. The second kappa shape index (κ2) is 15.5. The van der Waals surface area contributed by atoms with Crippen molar-refractivity contribution in [2.45, 2.75) is 0 Å². The number of benzene rings is 12. The van der Waals surface area contributed by atoms with Crippen LogP contribution in [-0.2, 0) is 0 Å². The van der Waals surface area contributed by atoms with Crippen LogP contribution in [0.5, 0.6) is 0 Å². The van der Waals surface area contributed by atoms with Gasteiger partial charge in [0.05, 0.1) is 16.8 Å². The second-order valence-corrected chi connectivity index (χ2v) is 17.2. The van der Waals surface area contributed by atoms with Crippen molar-refractivity contribution in [3.8, 4) is 44.5 Å². The molecule has 0 N–H and O–H groups in total. The molecule has 2 heteroatoms. The second-order valence-electron chi connectivity index (χ2n) is 17.2. The van der Waals surface area contributed by atoms with Gasteiger partial charge in [-0.05, 0) is 125 Å². The molecule has 0 saturated carbocycles. The van der Waals surface area contributed by atoms with Gasteiger partial charge in [0, 0.05) is 22.2 Å². The Balaban J connectivity index is 1.03. The molecule has 0 aliphatic rings. The van der Waals surface area contributed by atoms with Crippen molar-refractivity contribution in [3.05, 3.63) is 249 Å². The highest BCUT2D eigenvalue weighted by molar-refractivity contribution is 6.26. The third-order valence-electron chi connectivity index (χ3n) is 13.5. The van der Waals surface area contributed by atoms with Crippen molar-refractivity contribution in [2.24, 2.45) is 0 Å². The molecule has 0 radical (unpaired) electrons. The largest absolute Gasteiger partial charge is 0.455 e. The Morgan fingerprint density at radius 1 is 0.273 bits per heavy atom. The number of nitrogens with zero attached hydrogens (tertiary/aromatic N) is 1. The van der Waals surface area contributed by atoms with Gasteiger partial charge in [-0.25, -0.2) is 0 Å². The van der Waals surface area contributed by atoms with E-state index in [0.717, 1.165) is 66.8 Å². The Morgan fingerprint density at radius 3 is 1.48 bits per heavy atom. The fraction of sp³-hybridized carbons (Fsp3) is 0. The topological polar surface area (TPSA) is 16.4 Å². The molecule has 0 spiro atoms. The summed E-state index contributed by atoms with van der Waals surface area (Å²) in [5, 5.41) is 12.1. The third kappa shape index (κ3) is 6.26. The van der Waals surface area contributed by atoms with Crippen LogP contribution < -0.4 is 4.90 Å². The van der Waals surface area contributed by atoms with Gasteiger partial charge in [0.1, 0.15) is 11.2 Å². The van der Waals surface area contributed by atoms with E-state index in [1.807, 2.05) is 0 Å². The Bertz CT molecular complexity index is 3940. The van der Waals surface area contributed by atoms with E-state index in [2.05, 4.69) is 254 Å². The minimum absolute atomic E-state index is 0.859. The Labute approximate surface area is 382 Å². The number of anilines is 3. The van der Waals surface area contributed by atoms with Gasteiger partial charge in [-0.15, -0.1) is 0 Å². The molecule has 13 aromatic rings. The van der Waals surface area contributed by atoms with Gasteiger partial charge in [-0.1, -0.05) is 200 Å². The van der Waals surface area contributed by atoms with Crippen LogP contribution in [0.2, 0.25) is 0 Å². The molecule has 0 bridgehead atoms. The zero-order valence-electron chi connectivity index (χ0n) is 36.0. The summed E-state index contributed by atoms with van der Waals surface area (Å²) in [6.45, 7) is 0. The zero-order chi connectivity index (χ0) is 43.6. The van der Waals surface area contributed by atoms with Gasteiger partial charge >= 0.3 is 0 Å². The van der Waals surface area contributed by atoms with Crippen LogP contribution in [0.4, 0.5) is 17.1 Å². The molecule has 0 amide bonds. The van der Waals surface area contributed by atoms with Crippen LogP contribution >= 0.6 is 0 Å². The molecule has 2 nitrogen and oxygen atoms in total. The number of rotatable bonds is 7. The monoisotopic (exact) mass is 839 g/mol. The summed E-state index contributed by atoms with van der Waals surface area (Å²) in [5.74, 6) is 0. The van der Waals surface area contributed by atoms with Crippen LogP contribution in [-0.4, -0.2) is 0 Å². The van der Waals surface area contributed by atoms with Gasteiger partial charge in [0.25, 0.3) is 0 Å². The maximum Gasteiger partial charge on any atom is 0.145 e. The normalized spacial score (nSPS) is 11.6. The Hall–Kier alpha value is -8.72. The predicted octanol–water partition coefficient (Wildman–Crippen LogP) is 18.3. The quantitative estimate of drug-likeness (QED) is 0.149. The summed E-state index contributed by atoms with van der Waals surface area (Å²) < 4.78 is 6.94. The van der Waals surface area contributed by atoms with Crippen LogP contribution in [0.15, 0.2) is 253 Å². The van der Waals surface area contributed by atoms with Crippen molar-refractivity contribution >= 4 is 82.1 Å². The lowest BCUT2D eigenvalue weighted by molar-refractivity contribution is 0.670. The molecule has 0 unspecified atom stereocenters. The fourth-order valence-electron chi connectivity index (χ4n) is 10.3. The summed E-state index contributed by atoms with van der Waals surface area (Å²) in [4.78, 5) is 2.44. The number of fused-ring (bicyclic) bond motifs is 10. The van der Waals surface area contributed by atoms with E-state index in [1.165, 1.54) is 59.8 Å². The van der Waals surface area contributed by atoms with Crippen molar-refractivity contribution < 1.29 is 4.42 Å². The highest BCUT2D eigenvalue weighted by Gasteiger charge is 2.24. The lowest BCUT2D eigenvalue weighted by atomic mass is 9.91. The lowest BCUT2D eigenvalue weighted by Gasteiger charge is -2.29. The van der Waals surface area contributed by atoms with Crippen LogP contribution in [0.25, 0.3) is 110 Å². The van der Waals surface area contributed by atoms with Crippen LogP contribution in [0.1, 0.15) is 0 Å². The van der Waals surface area contributed by atoms with E-state index >= 15 is 0 Å². The minimum atomic E-state index is 0.859. The SMILES string of the molecule is c1ccc(-c2ccc(-c3ccc(N(c4ccccc4-c4ccc5c6ccccc6c6ccccc6c5c4)c4ccc(-c5ccc6ccccc6c5)c5oc6ccccc6c45)cc3)cc2)cc1. The van der Waals surface area contributed by atoms with Crippen molar-refractivity contribution in [1.82, 2.24) is 0 Å². The zero-order valence-corrected chi connectivity index (χ0v) is 36.0. The van der Waals surface area contributed by atoms with Crippen LogP contribution in [0.3, 0.4) is 0 Å². The van der Waals surface area contributed by atoms with E-state index in [0.29, 0.717) is 0 Å². The minimum Gasteiger partial charge on any atom is -0.455 e. The molecule has 12 aromatic carbocycles. The number of hydrogen-bond acceptors (Lipinski definition) is 2. The Kier molecular flexibility index (Phi) is 8.89. The third-order valence-corrected chi connectivity index (χ3v) is 13.5. The van der Waals surface area contributed by atoms with Gasteiger partial charge in [0.15, 0.2) is 0 Å². The first kappa shape index (κ1) is 37.8. The highest BCUT2D eigenvalue weighted by Crippen LogP contribution is 2.49. The van der Waals surface area contributed by atoms with Gasteiger partial charge in [-0.2, -0.15) is 0 Å². The average molecular weight is 840 g/mol. The summed E-state index contributed by atoms with van der Waals surface area (Å²) in [5.41, 5.74) is 14.1. The Morgan fingerprint density at radius 2 is 0.773 bits per heavy atom. The molecule has 13 rings (SSSR count). The van der Waals surface area contributed by atoms with Gasteiger partial charge < -0.3 is 9.32 Å². The maximum absolute atomic E-state index is 6.94. The summed E-state index contributed by atoms with van der Waals surface area (Å²) >= 11 is 0. The van der Waals surface area contributed by atoms with E-state index in [-0.39, 0.29) is 0 Å². The molecule has 1 aromatic heterocycles. The average Bonchev–Trinajstić information content (AvgIpc) is 3.79. The summed E-state index contributed by atoms with van der Waals surface area (Å²) in [6, 6.07) is 90.2. The molecule has 0 aliphatic carbocycles. The molecule has 0 atom stereocenters. The van der Waals surface area contributed by atoms with Gasteiger partial charge in [-0.3, -0.25) is 0 Å². The lowest BCUT2D eigenvalue weighted by Crippen LogP contribution is -2.11. The maximum atomic E-state index is 6.94.